The lowest BCUT2D eigenvalue weighted by Gasteiger charge is -2.41. The molecule has 2 N–H and O–H groups in total. The molecule has 0 aromatic carbocycles. The molecule has 2 rings (SSSR count). The summed E-state index contributed by atoms with van der Waals surface area (Å²) in [7, 11) is 3.35. The van der Waals surface area contributed by atoms with Crippen molar-refractivity contribution in [3.63, 3.8) is 0 Å². The number of morpholine rings is 1. The Labute approximate surface area is 123 Å². The van der Waals surface area contributed by atoms with Crippen molar-refractivity contribution >= 4 is 11.8 Å². The number of nitrogens with zero attached hydrogens (tertiary/aromatic N) is 2. The first kappa shape index (κ1) is 15.5. The molecule has 1 atom stereocenters. The first-order chi connectivity index (χ1) is 9.97. The number of primary amides is 1. The molecule has 2 amide bonds. The van der Waals surface area contributed by atoms with Gasteiger partial charge in [0, 0.05) is 26.9 Å². The maximum Gasteiger partial charge on any atom is 0.270 e. The van der Waals surface area contributed by atoms with E-state index >= 15 is 0 Å². The van der Waals surface area contributed by atoms with Crippen LogP contribution in [0.15, 0.2) is 18.3 Å². The van der Waals surface area contributed by atoms with E-state index in [9.17, 15) is 9.59 Å². The average Bonchev–Trinajstić information content (AvgIpc) is 2.83. The summed E-state index contributed by atoms with van der Waals surface area (Å²) in [6.45, 7) is 1.34. The highest BCUT2D eigenvalue weighted by Crippen LogP contribution is 2.23. The van der Waals surface area contributed by atoms with Crippen molar-refractivity contribution in [2.75, 3.05) is 33.4 Å². The molecule has 1 aromatic heterocycles. The fraction of sp³-hybridized carbons (Fsp3) is 0.571. The van der Waals surface area contributed by atoms with Crippen molar-refractivity contribution in [3.05, 3.63) is 24.0 Å². The summed E-state index contributed by atoms with van der Waals surface area (Å²) in [6.07, 6.45) is 1.84. The van der Waals surface area contributed by atoms with E-state index in [1.807, 2.05) is 19.3 Å². The Morgan fingerprint density at radius 3 is 2.86 bits per heavy atom. The van der Waals surface area contributed by atoms with Gasteiger partial charge in [-0.3, -0.25) is 9.59 Å². The topological polar surface area (TPSA) is 86.8 Å². The van der Waals surface area contributed by atoms with Crippen LogP contribution in [-0.4, -0.2) is 60.3 Å². The molecule has 0 aliphatic carbocycles. The van der Waals surface area contributed by atoms with Gasteiger partial charge in [-0.15, -0.1) is 0 Å². The molecule has 1 fully saturated rings. The van der Waals surface area contributed by atoms with Gasteiger partial charge in [0.05, 0.1) is 26.2 Å². The number of aryl methyl sites for hydroxylation is 1. The number of nitrogens with two attached hydrogens (primary N) is 1. The molecule has 0 spiro atoms. The molecule has 7 nitrogen and oxygen atoms in total. The van der Waals surface area contributed by atoms with E-state index in [2.05, 4.69) is 0 Å². The summed E-state index contributed by atoms with van der Waals surface area (Å²) in [5.41, 5.74) is 5.03. The zero-order chi connectivity index (χ0) is 15.5. The lowest BCUT2D eigenvalue weighted by molar-refractivity contribution is -0.148. The van der Waals surface area contributed by atoms with Crippen molar-refractivity contribution in [3.8, 4) is 0 Å². The van der Waals surface area contributed by atoms with Crippen LogP contribution in [0.5, 0.6) is 0 Å². The molecule has 1 aliphatic rings. The van der Waals surface area contributed by atoms with Crippen LogP contribution in [-0.2, 0) is 21.3 Å². The minimum atomic E-state index is -0.861. The summed E-state index contributed by atoms with van der Waals surface area (Å²) in [6, 6.07) is 3.59. The minimum Gasteiger partial charge on any atom is -0.382 e. The standard InChI is InChI=1S/C14H21N3O4/c1-16-5-3-4-11(16)13(19)17-6-7-21-14(9-17,10-20-2)8-12(15)18/h3-5H,6-10H2,1-2H3,(H2,15,18)/t14-/m1/s1. The van der Waals surface area contributed by atoms with Crippen LogP contribution in [0, 0.1) is 0 Å². The van der Waals surface area contributed by atoms with E-state index in [4.69, 9.17) is 15.2 Å². The third-order valence-corrected chi connectivity index (χ3v) is 3.60. The first-order valence-electron chi connectivity index (χ1n) is 6.79. The number of carbonyl (C=O) groups is 2. The van der Waals surface area contributed by atoms with Crippen molar-refractivity contribution in [1.82, 2.24) is 9.47 Å². The van der Waals surface area contributed by atoms with Crippen LogP contribution in [0.2, 0.25) is 0 Å². The summed E-state index contributed by atoms with van der Waals surface area (Å²) in [5, 5.41) is 0. The van der Waals surface area contributed by atoms with Crippen molar-refractivity contribution in [2.24, 2.45) is 12.8 Å². The highest BCUT2D eigenvalue weighted by molar-refractivity contribution is 5.93. The zero-order valence-electron chi connectivity index (χ0n) is 12.4. The van der Waals surface area contributed by atoms with Gasteiger partial charge in [0.25, 0.3) is 5.91 Å². The van der Waals surface area contributed by atoms with Gasteiger partial charge in [0.1, 0.15) is 11.3 Å². The maximum absolute atomic E-state index is 12.6. The highest BCUT2D eigenvalue weighted by atomic mass is 16.5. The van der Waals surface area contributed by atoms with Crippen LogP contribution in [0.3, 0.4) is 0 Å². The van der Waals surface area contributed by atoms with E-state index < -0.39 is 11.5 Å². The lowest BCUT2D eigenvalue weighted by Crippen LogP contribution is -2.57. The molecule has 1 aromatic rings. The second-order valence-corrected chi connectivity index (χ2v) is 5.34. The molecule has 116 valence electrons. The van der Waals surface area contributed by atoms with E-state index in [1.54, 1.807) is 15.5 Å². The largest absolute Gasteiger partial charge is 0.382 e. The summed E-state index contributed by atoms with van der Waals surface area (Å²) in [4.78, 5) is 25.5. The number of hydrogen-bond donors (Lipinski definition) is 1. The lowest BCUT2D eigenvalue weighted by atomic mass is 9.97. The van der Waals surface area contributed by atoms with E-state index in [1.165, 1.54) is 7.11 Å². The summed E-state index contributed by atoms with van der Waals surface area (Å²) >= 11 is 0. The molecule has 0 unspecified atom stereocenters. The Morgan fingerprint density at radius 2 is 2.29 bits per heavy atom. The second-order valence-electron chi connectivity index (χ2n) is 5.34. The molecule has 0 radical (unpaired) electrons. The fourth-order valence-electron chi connectivity index (χ4n) is 2.69. The SMILES string of the molecule is COC[C@@]1(CC(N)=O)CN(C(=O)c2cccn2C)CCO1. The smallest absolute Gasteiger partial charge is 0.270 e. The van der Waals surface area contributed by atoms with E-state index in [0.29, 0.717) is 18.8 Å². The molecule has 1 saturated heterocycles. The number of methoxy groups -OCH3 is 1. The van der Waals surface area contributed by atoms with Gasteiger partial charge in [-0.2, -0.15) is 0 Å². The molecular weight excluding hydrogens is 274 g/mol. The Balaban J connectivity index is 2.16. The first-order valence-corrected chi connectivity index (χ1v) is 6.79. The van der Waals surface area contributed by atoms with E-state index in [-0.39, 0.29) is 25.5 Å². The quantitative estimate of drug-likeness (QED) is 0.812. The monoisotopic (exact) mass is 295 g/mol. The Morgan fingerprint density at radius 1 is 1.52 bits per heavy atom. The molecule has 2 heterocycles. The predicted octanol–water partition coefficient (Wildman–Crippen LogP) is -0.242. The van der Waals surface area contributed by atoms with Crippen LogP contribution in [0.4, 0.5) is 0 Å². The van der Waals surface area contributed by atoms with Crippen molar-refractivity contribution < 1.29 is 19.1 Å². The van der Waals surface area contributed by atoms with Crippen molar-refractivity contribution in [1.29, 1.82) is 0 Å². The number of aromatic nitrogens is 1. The van der Waals surface area contributed by atoms with Gasteiger partial charge in [0.2, 0.25) is 5.91 Å². The van der Waals surface area contributed by atoms with Gasteiger partial charge in [-0.25, -0.2) is 0 Å². The second kappa shape index (κ2) is 6.28. The summed E-state index contributed by atoms with van der Waals surface area (Å²) in [5.74, 6) is -0.559. The Bertz CT molecular complexity index is 524. The normalized spacial score (nSPS) is 22.3. The predicted molar refractivity (Wildman–Crippen MR) is 75.7 cm³/mol. The van der Waals surface area contributed by atoms with Crippen LogP contribution >= 0.6 is 0 Å². The summed E-state index contributed by atoms with van der Waals surface area (Å²) < 4.78 is 12.6. The maximum atomic E-state index is 12.6. The molecule has 1 aliphatic heterocycles. The number of rotatable bonds is 5. The number of ether oxygens (including phenoxy) is 2. The van der Waals surface area contributed by atoms with Crippen LogP contribution in [0.1, 0.15) is 16.9 Å². The molecule has 0 saturated carbocycles. The number of carbonyl (C=O) groups excluding carboxylic acids is 2. The van der Waals surface area contributed by atoms with Gasteiger partial charge in [0.15, 0.2) is 0 Å². The van der Waals surface area contributed by atoms with Crippen molar-refractivity contribution in [2.45, 2.75) is 12.0 Å². The average molecular weight is 295 g/mol. The molecule has 21 heavy (non-hydrogen) atoms. The van der Waals surface area contributed by atoms with Gasteiger partial charge in [-0.1, -0.05) is 0 Å². The fourth-order valence-corrected chi connectivity index (χ4v) is 2.69. The van der Waals surface area contributed by atoms with Gasteiger partial charge < -0.3 is 24.7 Å². The molecule has 0 bridgehead atoms. The Hall–Kier alpha value is -1.86. The third-order valence-electron chi connectivity index (χ3n) is 3.60. The van der Waals surface area contributed by atoms with E-state index in [0.717, 1.165) is 0 Å². The highest BCUT2D eigenvalue weighted by Gasteiger charge is 2.40. The zero-order valence-corrected chi connectivity index (χ0v) is 12.4. The third kappa shape index (κ3) is 3.43. The van der Waals surface area contributed by atoms with Crippen LogP contribution in [0.25, 0.3) is 0 Å². The molecular formula is C14H21N3O4. The van der Waals surface area contributed by atoms with Gasteiger partial charge in [-0.05, 0) is 12.1 Å². The minimum absolute atomic E-state index is 0.0256. The Kier molecular flexibility index (Phi) is 4.64. The number of amides is 2. The van der Waals surface area contributed by atoms with Gasteiger partial charge >= 0.3 is 0 Å². The van der Waals surface area contributed by atoms with Crippen LogP contribution < -0.4 is 5.73 Å². The number of hydrogen-bond acceptors (Lipinski definition) is 4. The molecule has 7 heteroatoms.